The fraction of sp³-hybridized carbons (Fsp3) is 0.240. The van der Waals surface area contributed by atoms with E-state index < -0.39 is 0 Å². The zero-order valence-corrected chi connectivity index (χ0v) is 20.5. The van der Waals surface area contributed by atoms with Gasteiger partial charge in [0.15, 0.2) is 11.0 Å². The number of benzene rings is 3. The summed E-state index contributed by atoms with van der Waals surface area (Å²) in [4.78, 5) is 12.7. The number of ether oxygens (including phenoxy) is 3. The van der Waals surface area contributed by atoms with Crippen molar-refractivity contribution in [2.45, 2.75) is 11.7 Å². The van der Waals surface area contributed by atoms with Gasteiger partial charge in [0.1, 0.15) is 17.2 Å². The van der Waals surface area contributed by atoms with Gasteiger partial charge in [-0.15, -0.1) is 10.2 Å². The first-order valence-electron chi connectivity index (χ1n) is 10.8. The van der Waals surface area contributed by atoms with Crippen LogP contribution in [0.5, 0.6) is 17.2 Å². The lowest BCUT2D eigenvalue weighted by molar-refractivity contribution is -0.113. The molecule has 4 aromatic rings. The quantitative estimate of drug-likeness (QED) is 0.316. The SMILES string of the molecule is COCCn1c(SCC(=O)Nc2cc(OC)cc(OC)c2)nnc1-c1cc2ccccc2cc1O. The Bertz CT molecular complexity index is 1320. The van der Waals surface area contributed by atoms with Crippen molar-refractivity contribution < 1.29 is 24.1 Å². The molecule has 0 aliphatic rings. The summed E-state index contributed by atoms with van der Waals surface area (Å²) in [6.45, 7) is 0.880. The smallest absolute Gasteiger partial charge is 0.234 e. The highest BCUT2D eigenvalue weighted by atomic mass is 32.2. The van der Waals surface area contributed by atoms with E-state index in [2.05, 4.69) is 15.5 Å². The number of nitrogens with one attached hydrogen (secondary N) is 1. The number of thioether (sulfide) groups is 1. The number of aromatic nitrogens is 3. The molecule has 0 unspecified atom stereocenters. The van der Waals surface area contributed by atoms with E-state index in [0.717, 1.165) is 10.8 Å². The number of aromatic hydroxyl groups is 1. The molecule has 1 heterocycles. The molecule has 1 aromatic heterocycles. The van der Waals surface area contributed by atoms with Crippen LogP contribution in [0.25, 0.3) is 22.2 Å². The minimum Gasteiger partial charge on any atom is -0.507 e. The first-order chi connectivity index (χ1) is 17.0. The highest BCUT2D eigenvalue weighted by molar-refractivity contribution is 7.99. The van der Waals surface area contributed by atoms with E-state index in [4.69, 9.17) is 14.2 Å². The molecule has 0 saturated heterocycles. The van der Waals surface area contributed by atoms with Crippen molar-refractivity contribution in [3.05, 3.63) is 54.6 Å². The van der Waals surface area contributed by atoms with Crippen LogP contribution < -0.4 is 14.8 Å². The van der Waals surface area contributed by atoms with Gasteiger partial charge in [0.05, 0.1) is 38.7 Å². The molecule has 182 valence electrons. The van der Waals surface area contributed by atoms with E-state index in [-0.39, 0.29) is 17.4 Å². The van der Waals surface area contributed by atoms with Crippen LogP contribution >= 0.6 is 11.8 Å². The maximum absolute atomic E-state index is 12.7. The van der Waals surface area contributed by atoms with Crippen LogP contribution in [0.4, 0.5) is 5.69 Å². The van der Waals surface area contributed by atoms with Gasteiger partial charge in [-0.25, -0.2) is 0 Å². The van der Waals surface area contributed by atoms with Crippen LogP contribution in [0.2, 0.25) is 0 Å². The summed E-state index contributed by atoms with van der Waals surface area (Å²) in [7, 11) is 4.71. The molecule has 0 saturated carbocycles. The molecule has 0 spiro atoms. The number of carbonyl (C=O) groups is 1. The Morgan fingerprint density at radius 1 is 1.00 bits per heavy atom. The number of anilines is 1. The van der Waals surface area contributed by atoms with Crippen molar-refractivity contribution in [3.63, 3.8) is 0 Å². The molecule has 35 heavy (non-hydrogen) atoms. The lowest BCUT2D eigenvalue weighted by Crippen LogP contribution is -2.15. The molecule has 2 N–H and O–H groups in total. The summed E-state index contributed by atoms with van der Waals surface area (Å²) in [5, 5.41) is 24.6. The van der Waals surface area contributed by atoms with Crippen LogP contribution in [0, 0.1) is 0 Å². The van der Waals surface area contributed by atoms with Crippen LogP contribution in [0.15, 0.2) is 59.8 Å². The topological polar surface area (TPSA) is 108 Å². The molecular formula is C25H26N4O5S. The Hall–Kier alpha value is -3.76. The monoisotopic (exact) mass is 494 g/mol. The summed E-state index contributed by atoms with van der Waals surface area (Å²) in [6.07, 6.45) is 0. The predicted octanol–water partition coefficient (Wildman–Crippen LogP) is 4.20. The van der Waals surface area contributed by atoms with Crippen molar-refractivity contribution in [1.82, 2.24) is 14.8 Å². The molecule has 3 aromatic carbocycles. The normalized spacial score (nSPS) is 10.9. The first-order valence-corrected chi connectivity index (χ1v) is 11.8. The van der Waals surface area contributed by atoms with Crippen LogP contribution in [0.1, 0.15) is 0 Å². The van der Waals surface area contributed by atoms with Gasteiger partial charge in [-0.3, -0.25) is 9.36 Å². The highest BCUT2D eigenvalue weighted by Crippen LogP contribution is 2.34. The predicted molar refractivity (Wildman–Crippen MR) is 135 cm³/mol. The molecule has 0 aliphatic carbocycles. The minimum atomic E-state index is -0.221. The number of amides is 1. The van der Waals surface area contributed by atoms with Gasteiger partial charge >= 0.3 is 0 Å². The zero-order chi connectivity index (χ0) is 24.8. The molecule has 0 radical (unpaired) electrons. The largest absolute Gasteiger partial charge is 0.507 e. The zero-order valence-electron chi connectivity index (χ0n) is 19.6. The summed E-state index contributed by atoms with van der Waals surface area (Å²) in [5.74, 6) is 1.65. The summed E-state index contributed by atoms with van der Waals surface area (Å²) in [5.41, 5.74) is 1.13. The van der Waals surface area contributed by atoms with E-state index in [0.29, 0.717) is 46.9 Å². The summed E-state index contributed by atoms with van der Waals surface area (Å²) < 4.78 is 17.6. The average molecular weight is 495 g/mol. The molecule has 4 rings (SSSR count). The van der Waals surface area contributed by atoms with Crippen molar-refractivity contribution in [2.75, 3.05) is 39.0 Å². The van der Waals surface area contributed by atoms with Gasteiger partial charge in [0, 0.05) is 31.0 Å². The Kier molecular flexibility index (Phi) is 7.74. The van der Waals surface area contributed by atoms with E-state index in [1.54, 1.807) is 45.6 Å². The Labute approximate surface area is 207 Å². The van der Waals surface area contributed by atoms with E-state index in [9.17, 15) is 9.90 Å². The number of phenols is 1. The third kappa shape index (κ3) is 5.67. The van der Waals surface area contributed by atoms with Crippen molar-refractivity contribution in [2.24, 2.45) is 0 Å². The lowest BCUT2D eigenvalue weighted by Gasteiger charge is -2.12. The Morgan fingerprint density at radius 3 is 2.34 bits per heavy atom. The minimum absolute atomic E-state index is 0.105. The number of methoxy groups -OCH3 is 3. The standard InChI is InChI=1S/C25H26N4O5S/c1-32-9-8-29-24(21-10-16-6-4-5-7-17(16)11-22(21)30)27-28-25(29)35-15-23(31)26-18-12-19(33-2)14-20(13-18)34-3/h4-7,10-14,30H,8-9,15H2,1-3H3,(H,26,31). The van der Waals surface area contributed by atoms with Gasteiger partial charge in [-0.05, 0) is 22.9 Å². The van der Waals surface area contributed by atoms with Crippen LogP contribution in [-0.2, 0) is 16.1 Å². The molecule has 0 atom stereocenters. The third-order valence-electron chi connectivity index (χ3n) is 5.31. The maximum Gasteiger partial charge on any atom is 0.234 e. The average Bonchev–Trinajstić information content (AvgIpc) is 3.27. The maximum atomic E-state index is 12.7. The second-order valence-electron chi connectivity index (χ2n) is 7.61. The molecule has 0 fully saturated rings. The van der Waals surface area contributed by atoms with Gasteiger partial charge in [-0.1, -0.05) is 36.0 Å². The molecular weight excluding hydrogens is 468 g/mol. The molecule has 10 heteroatoms. The number of fused-ring (bicyclic) bond motifs is 1. The van der Waals surface area contributed by atoms with E-state index >= 15 is 0 Å². The molecule has 0 aliphatic heterocycles. The van der Waals surface area contributed by atoms with E-state index in [1.165, 1.54) is 11.8 Å². The van der Waals surface area contributed by atoms with Crippen LogP contribution in [0.3, 0.4) is 0 Å². The first kappa shape index (κ1) is 24.4. The molecule has 9 nitrogen and oxygen atoms in total. The van der Waals surface area contributed by atoms with Crippen molar-refractivity contribution in [3.8, 4) is 28.6 Å². The second-order valence-corrected chi connectivity index (χ2v) is 8.55. The number of carbonyl (C=O) groups excluding carboxylic acids is 1. The number of rotatable bonds is 10. The fourth-order valence-electron chi connectivity index (χ4n) is 3.59. The van der Waals surface area contributed by atoms with Crippen LogP contribution in [-0.4, -0.2) is 59.5 Å². The lowest BCUT2D eigenvalue weighted by atomic mass is 10.1. The van der Waals surface area contributed by atoms with Gasteiger partial charge in [0.25, 0.3) is 0 Å². The molecule has 1 amide bonds. The van der Waals surface area contributed by atoms with Gasteiger partial charge in [-0.2, -0.15) is 0 Å². The van der Waals surface area contributed by atoms with Gasteiger partial charge < -0.3 is 24.6 Å². The number of nitrogens with zero attached hydrogens (tertiary/aromatic N) is 3. The second kappa shape index (κ2) is 11.1. The number of hydrogen-bond donors (Lipinski definition) is 2. The van der Waals surface area contributed by atoms with Crippen molar-refractivity contribution in [1.29, 1.82) is 0 Å². The van der Waals surface area contributed by atoms with Gasteiger partial charge in [0.2, 0.25) is 5.91 Å². The summed E-state index contributed by atoms with van der Waals surface area (Å²) >= 11 is 1.25. The number of hydrogen-bond acceptors (Lipinski definition) is 8. The fourth-order valence-corrected chi connectivity index (χ4v) is 4.36. The van der Waals surface area contributed by atoms with E-state index in [1.807, 2.05) is 34.9 Å². The summed E-state index contributed by atoms with van der Waals surface area (Å²) in [6, 6.07) is 16.5. The third-order valence-corrected chi connectivity index (χ3v) is 6.28. The Morgan fingerprint density at radius 2 is 1.69 bits per heavy atom. The Balaban J connectivity index is 1.55. The number of phenolic OH excluding ortho intramolecular Hbond substituents is 1. The molecule has 0 bridgehead atoms. The highest BCUT2D eigenvalue weighted by Gasteiger charge is 2.19. The van der Waals surface area contributed by atoms with Crippen molar-refractivity contribution >= 4 is 34.1 Å².